The van der Waals surface area contributed by atoms with Crippen LogP contribution in [0.25, 0.3) is 10.2 Å². The number of amides is 1. The number of thiazole rings is 1. The zero-order valence-electron chi connectivity index (χ0n) is 12.7. The molecule has 2 aromatic carbocycles. The molecule has 1 N–H and O–H groups in total. The smallest absolute Gasteiger partial charge is 0.255 e. The van der Waals surface area contributed by atoms with E-state index in [1.165, 1.54) is 7.11 Å². The van der Waals surface area contributed by atoms with E-state index in [9.17, 15) is 4.79 Å². The maximum Gasteiger partial charge on any atom is 0.255 e. The number of carbonyl (C=O) groups is 1. The Labute approximate surface area is 137 Å². The average molecular weight is 325 g/mol. The number of rotatable bonds is 4. The Kier molecular flexibility index (Phi) is 4.34. The van der Waals surface area contributed by atoms with E-state index in [1.54, 1.807) is 29.7 Å². The normalized spacial score (nSPS) is 11.0. The Morgan fingerprint density at radius 1 is 1.26 bits per heavy atom. The maximum atomic E-state index is 12.3. The highest BCUT2D eigenvalue weighted by molar-refractivity contribution is 7.18. The minimum absolute atomic E-state index is 0.152. The van der Waals surface area contributed by atoms with Crippen LogP contribution < -0.4 is 5.32 Å². The van der Waals surface area contributed by atoms with Gasteiger partial charge >= 0.3 is 0 Å². The van der Waals surface area contributed by atoms with E-state index in [4.69, 9.17) is 0 Å². The molecule has 0 spiro atoms. The number of oxime groups is 1. The standard InChI is InChI=1S/C17H15N3O2S/c1-11-19-15-8-7-14(9-16(15)23-11)20-17(21)13-5-3-12(4-6-13)10-18-22-2/h3-10H,1-2H3,(H,20,21)/b18-10+. The van der Waals surface area contributed by atoms with Crippen LogP contribution in [-0.4, -0.2) is 24.2 Å². The van der Waals surface area contributed by atoms with Crippen molar-refractivity contribution in [3.05, 3.63) is 58.6 Å². The van der Waals surface area contributed by atoms with Crippen molar-refractivity contribution >= 4 is 39.4 Å². The van der Waals surface area contributed by atoms with Crippen LogP contribution in [0.2, 0.25) is 0 Å². The molecule has 0 unspecified atom stereocenters. The third kappa shape index (κ3) is 3.54. The maximum absolute atomic E-state index is 12.3. The fourth-order valence-electron chi connectivity index (χ4n) is 2.15. The third-order valence-corrected chi connectivity index (χ3v) is 4.17. The molecule has 1 heterocycles. The minimum Gasteiger partial charge on any atom is -0.399 e. The Morgan fingerprint density at radius 3 is 2.78 bits per heavy atom. The van der Waals surface area contributed by atoms with Gasteiger partial charge in [-0.15, -0.1) is 11.3 Å². The first-order valence-electron chi connectivity index (χ1n) is 7.01. The van der Waals surface area contributed by atoms with E-state index in [0.29, 0.717) is 5.56 Å². The summed E-state index contributed by atoms with van der Waals surface area (Å²) in [5.74, 6) is -0.152. The zero-order chi connectivity index (χ0) is 16.2. The van der Waals surface area contributed by atoms with Crippen LogP contribution in [0, 0.1) is 6.92 Å². The summed E-state index contributed by atoms with van der Waals surface area (Å²) >= 11 is 1.61. The van der Waals surface area contributed by atoms with E-state index in [2.05, 4.69) is 20.3 Å². The van der Waals surface area contributed by atoms with Crippen molar-refractivity contribution < 1.29 is 9.63 Å². The van der Waals surface area contributed by atoms with Crippen molar-refractivity contribution in [3.8, 4) is 0 Å². The van der Waals surface area contributed by atoms with Crippen LogP contribution in [0.4, 0.5) is 5.69 Å². The van der Waals surface area contributed by atoms with Crippen molar-refractivity contribution in [1.29, 1.82) is 0 Å². The lowest BCUT2D eigenvalue weighted by Gasteiger charge is -2.05. The summed E-state index contributed by atoms with van der Waals surface area (Å²) < 4.78 is 1.06. The molecule has 1 aromatic heterocycles. The second kappa shape index (κ2) is 6.58. The van der Waals surface area contributed by atoms with Gasteiger partial charge in [0, 0.05) is 11.3 Å². The van der Waals surface area contributed by atoms with Gasteiger partial charge in [0.1, 0.15) is 7.11 Å². The molecule has 5 nitrogen and oxygen atoms in total. The topological polar surface area (TPSA) is 63.6 Å². The van der Waals surface area contributed by atoms with Gasteiger partial charge in [-0.25, -0.2) is 4.98 Å². The van der Waals surface area contributed by atoms with Crippen LogP contribution in [-0.2, 0) is 4.84 Å². The molecule has 3 rings (SSSR count). The van der Waals surface area contributed by atoms with Gasteiger partial charge in [0.05, 0.1) is 21.4 Å². The van der Waals surface area contributed by atoms with Crippen LogP contribution in [0.15, 0.2) is 47.6 Å². The molecule has 0 saturated heterocycles. The van der Waals surface area contributed by atoms with Crippen molar-refractivity contribution in [2.24, 2.45) is 5.16 Å². The summed E-state index contributed by atoms with van der Waals surface area (Å²) in [6.45, 7) is 1.97. The Balaban J connectivity index is 1.75. The fraction of sp³-hybridized carbons (Fsp3) is 0.118. The van der Waals surface area contributed by atoms with Crippen molar-refractivity contribution in [2.45, 2.75) is 6.92 Å². The first-order valence-corrected chi connectivity index (χ1v) is 7.82. The first-order chi connectivity index (χ1) is 11.2. The molecule has 6 heteroatoms. The lowest BCUT2D eigenvalue weighted by Crippen LogP contribution is -2.11. The number of benzene rings is 2. The van der Waals surface area contributed by atoms with Gasteiger partial charge in [-0.3, -0.25) is 4.79 Å². The van der Waals surface area contributed by atoms with Crippen molar-refractivity contribution in [2.75, 3.05) is 12.4 Å². The molecule has 3 aromatic rings. The Morgan fingerprint density at radius 2 is 2.04 bits per heavy atom. The lowest BCUT2D eigenvalue weighted by molar-refractivity contribution is 0.102. The fourth-order valence-corrected chi connectivity index (χ4v) is 3.02. The molecular formula is C17H15N3O2S. The minimum atomic E-state index is -0.152. The molecular weight excluding hydrogens is 310 g/mol. The van der Waals surface area contributed by atoms with E-state index in [0.717, 1.165) is 26.5 Å². The largest absolute Gasteiger partial charge is 0.399 e. The summed E-state index contributed by atoms with van der Waals surface area (Å²) in [6.07, 6.45) is 1.59. The highest BCUT2D eigenvalue weighted by Gasteiger charge is 2.07. The second-order valence-electron chi connectivity index (χ2n) is 4.91. The molecule has 0 aliphatic rings. The van der Waals surface area contributed by atoms with Gasteiger partial charge < -0.3 is 10.2 Å². The van der Waals surface area contributed by atoms with Crippen LogP contribution in [0.1, 0.15) is 20.9 Å². The van der Waals surface area contributed by atoms with E-state index >= 15 is 0 Å². The number of nitrogens with one attached hydrogen (secondary N) is 1. The number of hydrogen-bond donors (Lipinski definition) is 1. The summed E-state index contributed by atoms with van der Waals surface area (Å²) in [7, 11) is 1.49. The quantitative estimate of drug-likeness (QED) is 0.585. The molecule has 116 valence electrons. The summed E-state index contributed by atoms with van der Waals surface area (Å²) in [6, 6.07) is 12.8. The lowest BCUT2D eigenvalue weighted by atomic mass is 10.1. The number of nitrogens with zero attached hydrogens (tertiary/aromatic N) is 2. The predicted octanol–water partition coefficient (Wildman–Crippen LogP) is 3.84. The van der Waals surface area contributed by atoms with E-state index in [1.807, 2.05) is 37.3 Å². The molecule has 0 fully saturated rings. The number of hydrogen-bond acceptors (Lipinski definition) is 5. The average Bonchev–Trinajstić information content (AvgIpc) is 2.92. The molecule has 0 bridgehead atoms. The van der Waals surface area contributed by atoms with Crippen molar-refractivity contribution in [1.82, 2.24) is 4.98 Å². The molecule has 0 radical (unpaired) electrons. The number of carbonyl (C=O) groups excluding carboxylic acids is 1. The van der Waals surface area contributed by atoms with Gasteiger partial charge in [-0.1, -0.05) is 17.3 Å². The van der Waals surface area contributed by atoms with Crippen LogP contribution >= 0.6 is 11.3 Å². The molecule has 0 atom stereocenters. The van der Waals surface area contributed by atoms with Crippen LogP contribution in [0.3, 0.4) is 0 Å². The summed E-state index contributed by atoms with van der Waals surface area (Å²) in [5, 5.41) is 7.60. The second-order valence-corrected chi connectivity index (χ2v) is 6.14. The molecule has 0 aliphatic carbocycles. The molecule has 0 saturated carbocycles. The first kappa shape index (κ1) is 15.2. The van der Waals surface area contributed by atoms with Gasteiger partial charge in [0.2, 0.25) is 0 Å². The zero-order valence-corrected chi connectivity index (χ0v) is 13.6. The third-order valence-electron chi connectivity index (χ3n) is 3.23. The number of anilines is 1. The van der Waals surface area contributed by atoms with E-state index in [-0.39, 0.29) is 5.91 Å². The van der Waals surface area contributed by atoms with Gasteiger partial charge in [-0.2, -0.15) is 0 Å². The van der Waals surface area contributed by atoms with Gasteiger partial charge in [0.15, 0.2) is 0 Å². The van der Waals surface area contributed by atoms with Gasteiger partial charge in [-0.05, 0) is 42.8 Å². The number of aryl methyl sites for hydroxylation is 1. The van der Waals surface area contributed by atoms with Gasteiger partial charge in [0.25, 0.3) is 5.91 Å². The summed E-state index contributed by atoms with van der Waals surface area (Å²) in [5.41, 5.74) is 3.16. The van der Waals surface area contributed by atoms with Crippen LogP contribution in [0.5, 0.6) is 0 Å². The highest BCUT2D eigenvalue weighted by Crippen LogP contribution is 2.25. The Hall–Kier alpha value is -2.73. The SMILES string of the molecule is CO/N=C/c1ccc(C(=O)Nc2ccc3nc(C)sc3c2)cc1. The van der Waals surface area contributed by atoms with E-state index < -0.39 is 0 Å². The highest BCUT2D eigenvalue weighted by atomic mass is 32.1. The van der Waals surface area contributed by atoms with Crippen molar-refractivity contribution in [3.63, 3.8) is 0 Å². The molecule has 1 amide bonds. The number of aromatic nitrogens is 1. The predicted molar refractivity (Wildman–Crippen MR) is 93.4 cm³/mol. The molecule has 0 aliphatic heterocycles. The monoisotopic (exact) mass is 325 g/mol. The number of fused-ring (bicyclic) bond motifs is 1. The summed E-state index contributed by atoms with van der Waals surface area (Å²) in [4.78, 5) is 21.3. The Bertz CT molecular complexity index is 869. The molecule has 23 heavy (non-hydrogen) atoms.